The largest absolute Gasteiger partial charge is 0.430 e. The number of rotatable bonds is 1. The van der Waals surface area contributed by atoms with Gasteiger partial charge in [-0.3, -0.25) is 0 Å². The molecule has 0 aliphatic rings. The van der Waals surface area contributed by atoms with E-state index in [1.54, 1.807) is 0 Å². The van der Waals surface area contributed by atoms with Gasteiger partial charge in [0, 0.05) is 4.90 Å². The van der Waals surface area contributed by atoms with Crippen LogP contribution in [0.15, 0.2) is 32.7 Å². The maximum Gasteiger partial charge on any atom is 0.256 e. The highest BCUT2D eigenvalue weighted by atomic mass is 32.2. The Hall–Kier alpha value is -0.610. The molecule has 0 spiro atoms. The number of benzene rings is 1. The fraction of sp³-hybridized carbons (Fsp3) is 0.125. The van der Waals surface area contributed by atoms with Gasteiger partial charge in [-0.05, 0) is 18.4 Å². The summed E-state index contributed by atoms with van der Waals surface area (Å²) in [4.78, 5) is 5.07. The molecule has 62 valence electrons. The Labute approximate surface area is 79.8 Å². The normalized spacial score (nSPS) is 10.8. The first-order valence-electron chi connectivity index (χ1n) is 3.44. The van der Waals surface area contributed by atoms with E-state index in [2.05, 4.69) is 17.6 Å². The molecular weight excluding hydrogens is 190 g/mol. The number of hydrogen-bond donors (Lipinski definition) is 1. The van der Waals surface area contributed by atoms with Crippen molar-refractivity contribution in [2.75, 3.05) is 6.26 Å². The van der Waals surface area contributed by atoms with E-state index in [9.17, 15) is 0 Å². The summed E-state index contributed by atoms with van der Waals surface area (Å²) in [7, 11) is 0. The molecule has 0 aliphatic heterocycles. The second kappa shape index (κ2) is 3.03. The number of nitrogens with zero attached hydrogens (tertiary/aromatic N) is 1. The summed E-state index contributed by atoms with van der Waals surface area (Å²) in [5.41, 5.74) is 1.64. The molecular formula is C8H7NOS2. The second-order valence-electron chi connectivity index (χ2n) is 2.31. The SMILES string of the molecule is CSc1nc2cccc(S)c2o1. The number of thioether (sulfide) groups is 1. The van der Waals surface area contributed by atoms with Gasteiger partial charge in [0.05, 0.1) is 0 Å². The van der Waals surface area contributed by atoms with Crippen LogP contribution in [0.2, 0.25) is 0 Å². The molecule has 0 saturated carbocycles. The first-order chi connectivity index (χ1) is 5.81. The molecule has 1 aromatic carbocycles. The van der Waals surface area contributed by atoms with Gasteiger partial charge in [-0.25, -0.2) is 4.98 Å². The second-order valence-corrected chi connectivity index (χ2v) is 3.55. The summed E-state index contributed by atoms with van der Waals surface area (Å²) in [6.07, 6.45) is 1.93. The van der Waals surface area contributed by atoms with Crippen molar-refractivity contribution in [3.8, 4) is 0 Å². The standard InChI is InChI=1S/C8H7NOS2/c1-12-8-9-5-3-2-4-6(11)7(5)10-8/h2-4,11H,1H3. The third-order valence-corrected chi connectivity index (χ3v) is 2.43. The lowest BCUT2D eigenvalue weighted by molar-refractivity contribution is 0.485. The van der Waals surface area contributed by atoms with Crippen molar-refractivity contribution >= 4 is 35.5 Å². The van der Waals surface area contributed by atoms with Gasteiger partial charge in [0.2, 0.25) is 0 Å². The fourth-order valence-corrected chi connectivity index (χ4v) is 1.60. The van der Waals surface area contributed by atoms with Crippen LogP contribution in [0, 0.1) is 0 Å². The molecule has 0 saturated heterocycles. The van der Waals surface area contributed by atoms with Gasteiger partial charge in [0.1, 0.15) is 5.52 Å². The minimum Gasteiger partial charge on any atom is -0.430 e. The summed E-state index contributed by atoms with van der Waals surface area (Å²) in [5, 5.41) is 0.687. The van der Waals surface area contributed by atoms with Crippen molar-refractivity contribution in [2.24, 2.45) is 0 Å². The van der Waals surface area contributed by atoms with Crippen LogP contribution in [-0.4, -0.2) is 11.2 Å². The molecule has 1 aromatic heterocycles. The molecule has 1 heterocycles. The van der Waals surface area contributed by atoms with Crippen molar-refractivity contribution in [3.63, 3.8) is 0 Å². The topological polar surface area (TPSA) is 26.0 Å². The van der Waals surface area contributed by atoms with E-state index in [0.717, 1.165) is 16.0 Å². The van der Waals surface area contributed by atoms with Gasteiger partial charge in [0.25, 0.3) is 5.22 Å². The lowest BCUT2D eigenvalue weighted by atomic mass is 10.3. The first-order valence-corrected chi connectivity index (χ1v) is 5.11. The third kappa shape index (κ3) is 1.21. The Morgan fingerprint density at radius 1 is 1.50 bits per heavy atom. The summed E-state index contributed by atoms with van der Waals surface area (Å²) < 4.78 is 5.42. The Morgan fingerprint density at radius 3 is 3.00 bits per heavy atom. The Balaban J connectivity index is 2.74. The van der Waals surface area contributed by atoms with Gasteiger partial charge < -0.3 is 4.42 Å². The first kappa shape index (κ1) is 8.01. The Morgan fingerprint density at radius 2 is 2.33 bits per heavy atom. The highest BCUT2D eigenvalue weighted by Gasteiger charge is 2.05. The predicted octanol–water partition coefficient (Wildman–Crippen LogP) is 2.84. The minimum atomic E-state index is 0.687. The number of aromatic nitrogens is 1. The van der Waals surface area contributed by atoms with Crippen molar-refractivity contribution in [3.05, 3.63) is 18.2 Å². The molecule has 12 heavy (non-hydrogen) atoms. The fourth-order valence-electron chi connectivity index (χ4n) is 1.00. The van der Waals surface area contributed by atoms with Crippen LogP contribution in [0.25, 0.3) is 11.1 Å². The quantitative estimate of drug-likeness (QED) is 0.562. The molecule has 2 rings (SSSR count). The number of oxazole rings is 1. The molecule has 0 atom stereocenters. The van der Waals surface area contributed by atoms with Gasteiger partial charge >= 0.3 is 0 Å². The monoisotopic (exact) mass is 197 g/mol. The molecule has 0 radical (unpaired) electrons. The van der Waals surface area contributed by atoms with E-state index in [0.29, 0.717) is 5.22 Å². The zero-order chi connectivity index (χ0) is 8.55. The summed E-state index contributed by atoms with van der Waals surface area (Å²) in [6, 6.07) is 5.72. The van der Waals surface area contributed by atoms with Crippen LogP contribution in [0.4, 0.5) is 0 Å². The van der Waals surface area contributed by atoms with Crippen LogP contribution < -0.4 is 0 Å². The maximum absolute atomic E-state index is 5.42. The molecule has 0 fully saturated rings. The van der Waals surface area contributed by atoms with E-state index >= 15 is 0 Å². The zero-order valence-corrected chi connectivity index (χ0v) is 8.15. The number of para-hydroxylation sites is 1. The van der Waals surface area contributed by atoms with E-state index in [4.69, 9.17) is 4.42 Å². The lowest BCUT2D eigenvalue weighted by Gasteiger charge is -1.88. The number of hydrogen-bond acceptors (Lipinski definition) is 4. The van der Waals surface area contributed by atoms with E-state index in [1.165, 1.54) is 11.8 Å². The van der Waals surface area contributed by atoms with Crippen LogP contribution in [0.1, 0.15) is 0 Å². The molecule has 0 N–H and O–H groups in total. The highest BCUT2D eigenvalue weighted by molar-refractivity contribution is 7.98. The smallest absolute Gasteiger partial charge is 0.256 e. The van der Waals surface area contributed by atoms with Gasteiger partial charge in [-0.1, -0.05) is 17.8 Å². The molecule has 0 aliphatic carbocycles. The van der Waals surface area contributed by atoms with E-state index < -0.39 is 0 Å². The number of fused-ring (bicyclic) bond motifs is 1. The van der Waals surface area contributed by atoms with E-state index in [1.807, 2.05) is 24.5 Å². The summed E-state index contributed by atoms with van der Waals surface area (Å²) in [5.74, 6) is 0. The highest BCUT2D eigenvalue weighted by Crippen LogP contribution is 2.26. The van der Waals surface area contributed by atoms with Crippen LogP contribution >= 0.6 is 24.4 Å². The molecule has 2 nitrogen and oxygen atoms in total. The lowest BCUT2D eigenvalue weighted by Crippen LogP contribution is -1.68. The van der Waals surface area contributed by atoms with Crippen LogP contribution in [0.3, 0.4) is 0 Å². The van der Waals surface area contributed by atoms with Crippen molar-refractivity contribution in [2.45, 2.75) is 10.1 Å². The van der Waals surface area contributed by atoms with Crippen LogP contribution in [-0.2, 0) is 0 Å². The van der Waals surface area contributed by atoms with Gasteiger partial charge in [-0.2, -0.15) is 0 Å². The minimum absolute atomic E-state index is 0.687. The average Bonchev–Trinajstić information content (AvgIpc) is 2.49. The molecule has 0 amide bonds. The van der Waals surface area contributed by atoms with Crippen LogP contribution in [0.5, 0.6) is 0 Å². The van der Waals surface area contributed by atoms with Gasteiger partial charge in [0.15, 0.2) is 5.58 Å². The zero-order valence-electron chi connectivity index (χ0n) is 6.44. The molecule has 4 heteroatoms. The maximum atomic E-state index is 5.42. The molecule has 0 unspecified atom stereocenters. The van der Waals surface area contributed by atoms with Crippen molar-refractivity contribution < 1.29 is 4.42 Å². The van der Waals surface area contributed by atoms with Gasteiger partial charge in [-0.15, -0.1) is 12.6 Å². The van der Waals surface area contributed by atoms with E-state index in [-0.39, 0.29) is 0 Å². The number of thiol groups is 1. The van der Waals surface area contributed by atoms with Crippen molar-refractivity contribution in [1.29, 1.82) is 0 Å². The average molecular weight is 197 g/mol. The Kier molecular flexibility index (Phi) is 2.02. The molecule has 0 bridgehead atoms. The predicted molar refractivity (Wildman–Crippen MR) is 53.0 cm³/mol. The van der Waals surface area contributed by atoms with Crippen molar-refractivity contribution in [1.82, 2.24) is 4.98 Å². The summed E-state index contributed by atoms with van der Waals surface area (Å²) in [6.45, 7) is 0. The molecule has 2 aromatic rings. The Bertz CT molecular complexity index is 410. The summed E-state index contributed by atoms with van der Waals surface area (Å²) >= 11 is 5.75. The third-order valence-electron chi connectivity index (χ3n) is 1.55.